The van der Waals surface area contributed by atoms with Crippen molar-refractivity contribution in [2.45, 2.75) is 25.9 Å². The lowest BCUT2D eigenvalue weighted by Crippen LogP contribution is -2.26. The molecule has 0 unspecified atom stereocenters. The Morgan fingerprint density at radius 1 is 1.25 bits per heavy atom. The van der Waals surface area contributed by atoms with Gasteiger partial charge in [-0.3, -0.25) is 4.79 Å². The minimum absolute atomic E-state index is 0.0820. The van der Waals surface area contributed by atoms with Gasteiger partial charge in [0.1, 0.15) is 0 Å². The van der Waals surface area contributed by atoms with Crippen molar-refractivity contribution in [2.24, 2.45) is 5.92 Å². The summed E-state index contributed by atoms with van der Waals surface area (Å²) < 4.78 is 0. The highest BCUT2D eigenvalue weighted by atomic mass is 16.3. The lowest BCUT2D eigenvalue weighted by Gasteiger charge is -2.05. The molecule has 0 aromatic heterocycles. The van der Waals surface area contributed by atoms with Crippen LogP contribution in [0.5, 0.6) is 0 Å². The zero-order valence-electron chi connectivity index (χ0n) is 9.28. The first kappa shape index (κ1) is 11.1. The molecule has 1 amide bonds. The zero-order chi connectivity index (χ0) is 11.4. The molecule has 86 valence electrons. The highest BCUT2D eigenvalue weighted by Crippen LogP contribution is 2.28. The van der Waals surface area contributed by atoms with Crippen LogP contribution in [0.25, 0.3) is 0 Å². The molecular formula is C13H17NO2. The maximum atomic E-state index is 11.4. The summed E-state index contributed by atoms with van der Waals surface area (Å²) in [6.07, 6.45) is 2.96. The molecule has 0 radical (unpaired) electrons. The number of aliphatic hydroxyl groups is 1. The molecule has 0 bridgehead atoms. The Bertz CT molecular complexity index is 355. The van der Waals surface area contributed by atoms with Crippen LogP contribution >= 0.6 is 0 Å². The molecule has 1 saturated carbocycles. The van der Waals surface area contributed by atoms with E-state index in [0.29, 0.717) is 6.54 Å². The van der Waals surface area contributed by atoms with E-state index in [4.69, 9.17) is 5.11 Å². The van der Waals surface area contributed by atoms with Crippen molar-refractivity contribution in [2.75, 3.05) is 6.54 Å². The van der Waals surface area contributed by atoms with Gasteiger partial charge in [-0.25, -0.2) is 0 Å². The molecule has 3 heteroatoms. The monoisotopic (exact) mass is 219 g/mol. The van der Waals surface area contributed by atoms with Gasteiger partial charge in [-0.1, -0.05) is 24.3 Å². The van der Waals surface area contributed by atoms with Gasteiger partial charge in [0.15, 0.2) is 0 Å². The lowest BCUT2D eigenvalue weighted by molar-refractivity contribution is -0.122. The van der Waals surface area contributed by atoms with Gasteiger partial charge in [0, 0.05) is 12.5 Å². The SMILES string of the molecule is O=C(NCCc1ccc(CO)cc1)C1CC1. The van der Waals surface area contributed by atoms with Crippen LogP contribution in [0.1, 0.15) is 24.0 Å². The van der Waals surface area contributed by atoms with E-state index in [9.17, 15) is 4.79 Å². The van der Waals surface area contributed by atoms with E-state index in [1.165, 1.54) is 5.56 Å². The fraction of sp³-hybridized carbons (Fsp3) is 0.462. The second kappa shape index (κ2) is 5.12. The van der Waals surface area contributed by atoms with Gasteiger partial charge < -0.3 is 10.4 Å². The molecule has 1 aromatic rings. The fourth-order valence-corrected chi connectivity index (χ4v) is 1.63. The van der Waals surface area contributed by atoms with Crippen molar-refractivity contribution in [3.05, 3.63) is 35.4 Å². The van der Waals surface area contributed by atoms with Crippen LogP contribution in [0.15, 0.2) is 24.3 Å². The van der Waals surface area contributed by atoms with Crippen molar-refractivity contribution in [1.82, 2.24) is 5.32 Å². The summed E-state index contributed by atoms with van der Waals surface area (Å²) in [4.78, 5) is 11.4. The van der Waals surface area contributed by atoms with Crippen LogP contribution in [0.2, 0.25) is 0 Å². The summed E-state index contributed by atoms with van der Waals surface area (Å²) >= 11 is 0. The van der Waals surface area contributed by atoms with Crippen molar-refractivity contribution in [3.8, 4) is 0 Å². The minimum atomic E-state index is 0.0820. The van der Waals surface area contributed by atoms with E-state index >= 15 is 0 Å². The number of amides is 1. The number of hydrogen-bond donors (Lipinski definition) is 2. The smallest absolute Gasteiger partial charge is 0.223 e. The number of nitrogens with one attached hydrogen (secondary N) is 1. The number of rotatable bonds is 5. The van der Waals surface area contributed by atoms with E-state index in [2.05, 4.69) is 5.32 Å². The maximum absolute atomic E-state index is 11.4. The summed E-state index contributed by atoms with van der Waals surface area (Å²) in [5.41, 5.74) is 2.11. The fourth-order valence-electron chi connectivity index (χ4n) is 1.63. The Balaban J connectivity index is 1.73. The molecule has 3 nitrogen and oxygen atoms in total. The van der Waals surface area contributed by atoms with Gasteiger partial charge in [0.2, 0.25) is 5.91 Å². The van der Waals surface area contributed by atoms with E-state index in [-0.39, 0.29) is 18.4 Å². The molecule has 2 N–H and O–H groups in total. The predicted molar refractivity (Wildman–Crippen MR) is 61.8 cm³/mol. The van der Waals surface area contributed by atoms with Crippen LogP contribution in [-0.4, -0.2) is 17.6 Å². The van der Waals surface area contributed by atoms with E-state index < -0.39 is 0 Å². The molecule has 1 fully saturated rings. The molecule has 0 spiro atoms. The standard InChI is InChI=1S/C13H17NO2/c15-9-11-3-1-10(2-4-11)7-8-14-13(16)12-5-6-12/h1-4,12,15H,5-9H2,(H,14,16). The van der Waals surface area contributed by atoms with E-state index in [1.807, 2.05) is 24.3 Å². The molecule has 16 heavy (non-hydrogen) atoms. The van der Waals surface area contributed by atoms with Crippen molar-refractivity contribution in [3.63, 3.8) is 0 Å². The quantitative estimate of drug-likeness (QED) is 0.783. The molecule has 0 atom stereocenters. The summed E-state index contributed by atoms with van der Waals surface area (Å²) in [6, 6.07) is 7.82. The molecule has 0 aliphatic heterocycles. The summed E-state index contributed by atoms with van der Waals surface area (Å²) in [7, 11) is 0. The zero-order valence-corrected chi connectivity index (χ0v) is 9.28. The number of benzene rings is 1. The van der Waals surface area contributed by atoms with Gasteiger partial charge in [0.05, 0.1) is 6.61 Å². The minimum Gasteiger partial charge on any atom is -0.392 e. The van der Waals surface area contributed by atoms with Crippen LogP contribution < -0.4 is 5.32 Å². The molecule has 0 heterocycles. The number of carbonyl (C=O) groups excluding carboxylic acids is 1. The van der Waals surface area contributed by atoms with E-state index in [0.717, 1.165) is 24.8 Å². The van der Waals surface area contributed by atoms with Gasteiger partial charge in [-0.05, 0) is 30.4 Å². The van der Waals surface area contributed by atoms with Crippen molar-refractivity contribution >= 4 is 5.91 Å². The summed E-state index contributed by atoms with van der Waals surface area (Å²) in [6.45, 7) is 0.784. The Kier molecular flexibility index (Phi) is 3.57. The summed E-state index contributed by atoms with van der Waals surface area (Å²) in [5.74, 6) is 0.490. The first-order valence-electron chi connectivity index (χ1n) is 5.76. The Morgan fingerprint density at radius 2 is 1.88 bits per heavy atom. The number of aliphatic hydroxyl groups excluding tert-OH is 1. The lowest BCUT2D eigenvalue weighted by atomic mass is 10.1. The topological polar surface area (TPSA) is 49.3 Å². The van der Waals surface area contributed by atoms with Crippen molar-refractivity contribution in [1.29, 1.82) is 0 Å². The van der Waals surface area contributed by atoms with Gasteiger partial charge in [-0.15, -0.1) is 0 Å². The Hall–Kier alpha value is -1.35. The van der Waals surface area contributed by atoms with Crippen LogP contribution in [-0.2, 0) is 17.8 Å². The van der Waals surface area contributed by atoms with E-state index in [1.54, 1.807) is 0 Å². The third-order valence-electron chi connectivity index (χ3n) is 2.87. The number of carbonyl (C=O) groups is 1. The summed E-state index contributed by atoms with van der Waals surface area (Å²) in [5, 5.41) is 11.8. The van der Waals surface area contributed by atoms with Gasteiger partial charge >= 0.3 is 0 Å². The predicted octanol–water partition coefficient (Wildman–Crippen LogP) is 1.25. The average molecular weight is 219 g/mol. The van der Waals surface area contributed by atoms with Crippen LogP contribution in [0.4, 0.5) is 0 Å². The van der Waals surface area contributed by atoms with Gasteiger partial charge in [-0.2, -0.15) is 0 Å². The Morgan fingerprint density at radius 3 is 2.44 bits per heavy atom. The third kappa shape index (κ3) is 3.07. The first-order chi connectivity index (χ1) is 7.79. The molecule has 1 aromatic carbocycles. The largest absolute Gasteiger partial charge is 0.392 e. The first-order valence-corrected chi connectivity index (χ1v) is 5.76. The highest BCUT2D eigenvalue weighted by Gasteiger charge is 2.28. The van der Waals surface area contributed by atoms with Gasteiger partial charge in [0.25, 0.3) is 0 Å². The Labute approximate surface area is 95.5 Å². The van der Waals surface area contributed by atoms with Crippen LogP contribution in [0.3, 0.4) is 0 Å². The molecule has 1 aliphatic rings. The second-order valence-corrected chi connectivity index (χ2v) is 4.29. The van der Waals surface area contributed by atoms with Crippen LogP contribution in [0, 0.1) is 5.92 Å². The second-order valence-electron chi connectivity index (χ2n) is 4.29. The highest BCUT2D eigenvalue weighted by molar-refractivity contribution is 5.80. The third-order valence-corrected chi connectivity index (χ3v) is 2.87. The maximum Gasteiger partial charge on any atom is 0.223 e. The molecular weight excluding hydrogens is 202 g/mol. The van der Waals surface area contributed by atoms with Crippen molar-refractivity contribution < 1.29 is 9.90 Å². The number of hydrogen-bond acceptors (Lipinski definition) is 2. The average Bonchev–Trinajstić information content (AvgIpc) is 3.14. The molecule has 2 rings (SSSR count). The molecule has 0 saturated heterocycles. The molecule has 1 aliphatic carbocycles. The normalized spacial score (nSPS) is 14.8.